The molecule has 5 rings (SSSR count). The molecule has 0 aromatic heterocycles. The van der Waals surface area contributed by atoms with Gasteiger partial charge in [0.2, 0.25) is 0 Å². The number of fused-ring (bicyclic) bond motifs is 2. The van der Waals surface area contributed by atoms with Crippen molar-refractivity contribution < 1.29 is 23.9 Å². The number of ketones is 1. The summed E-state index contributed by atoms with van der Waals surface area (Å²) in [4.78, 5) is 39.5. The summed E-state index contributed by atoms with van der Waals surface area (Å²) in [5.41, 5.74) is 3.35. The Kier molecular flexibility index (Phi) is 10.2. The van der Waals surface area contributed by atoms with Crippen molar-refractivity contribution in [3.63, 3.8) is 0 Å². The molecule has 0 aliphatic heterocycles. The van der Waals surface area contributed by atoms with Crippen molar-refractivity contribution in [1.29, 1.82) is 0 Å². The first-order valence-corrected chi connectivity index (χ1v) is 18.5. The van der Waals surface area contributed by atoms with Crippen molar-refractivity contribution in [2.45, 2.75) is 137 Å². The zero-order valence-corrected chi connectivity index (χ0v) is 29.9. The molecular formula is C41H62O5. The summed E-state index contributed by atoms with van der Waals surface area (Å²) in [6, 6.07) is 0. The van der Waals surface area contributed by atoms with Gasteiger partial charge in [-0.05, 0) is 138 Å². The molecule has 5 heteroatoms. The lowest BCUT2D eigenvalue weighted by Crippen LogP contribution is -2.53. The molecule has 0 N–H and O–H groups in total. The van der Waals surface area contributed by atoms with Gasteiger partial charge in [-0.15, -0.1) is 0 Å². The highest BCUT2D eigenvalue weighted by Crippen LogP contribution is 2.63. The lowest BCUT2D eigenvalue weighted by molar-refractivity contribution is -0.168. The quantitative estimate of drug-likeness (QED) is 0.187. The third kappa shape index (κ3) is 6.00. The monoisotopic (exact) mass is 634 g/mol. The van der Waals surface area contributed by atoms with Gasteiger partial charge in [0, 0.05) is 12.3 Å². The zero-order chi connectivity index (χ0) is 33.5. The van der Waals surface area contributed by atoms with E-state index in [0.29, 0.717) is 24.0 Å². The molecule has 5 aliphatic carbocycles. The van der Waals surface area contributed by atoms with Gasteiger partial charge in [0.05, 0.1) is 25.0 Å². The maximum absolute atomic E-state index is 13.6. The third-order valence-corrected chi connectivity index (χ3v) is 14.7. The highest BCUT2D eigenvalue weighted by atomic mass is 16.5. The van der Waals surface area contributed by atoms with Crippen LogP contribution in [0.25, 0.3) is 0 Å². The Labute approximate surface area is 279 Å². The predicted molar refractivity (Wildman–Crippen MR) is 184 cm³/mol. The molecule has 0 spiro atoms. The molecule has 0 amide bonds. The van der Waals surface area contributed by atoms with Gasteiger partial charge in [0.25, 0.3) is 0 Å². The Morgan fingerprint density at radius 3 is 1.70 bits per heavy atom. The van der Waals surface area contributed by atoms with Crippen molar-refractivity contribution in [2.75, 3.05) is 14.2 Å². The van der Waals surface area contributed by atoms with E-state index in [-0.39, 0.29) is 40.5 Å². The average molecular weight is 635 g/mol. The van der Waals surface area contributed by atoms with E-state index in [4.69, 9.17) is 9.47 Å². The van der Waals surface area contributed by atoms with Crippen molar-refractivity contribution in [2.24, 2.45) is 51.2 Å². The summed E-state index contributed by atoms with van der Waals surface area (Å²) in [5.74, 6) is 1.71. The van der Waals surface area contributed by atoms with E-state index in [1.54, 1.807) is 0 Å². The van der Waals surface area contributed by atoms with Gasteiger partial charge in [-0.3, -0.25) is 14.4 Å². The van der Waals surface area contributed by atoms with Gasteiger partial charge in [-0.1, -0.05) is 62.6 Å². The van der Waals surface area contributed by atoms with Crippen LogP contribution in [-0.4, -0.2) is 31.9 Å². The Morgan fingerprint density at radius 2 is 1.24 bits per heavy atom. The molecule has 256 valence electrons. The normalized spacial score (nSPS) is 41.1. The predicted octanol–water partition coefficient (Wildman–Crippen LogP) is 9.75. The van der Waals surface area contributed by atoms with Crippen molar-refractivity contribution >= 4 is 17.7 Å². The lowest BCUT2D eigenvalue weighted by Gasteiger charge is -2.57. The van der Waals surface area contributed by atoms with Gasteiger partial charge in [-0.25, -0.2) is 0 Å². The third-order valence-electron chi connectivity index (χ3n) is 14.7. The second kappa shape index (κ2) is 13.4. The van der Waals surface area contributed by atoms with Gasteiger partial charge in [0.1, 0.15) is 5.78 Å². The smallest absolute Gasteiger partial charge is 0.311 e. The molecule has 0 radical (unpaired) electrons. The van der Waals surface area contributed by atoms with Gasteiger partial charge < -0.3 is 9.47 Å². The van der Waals surface area contributed by atoms with Crippen LogP contribution in [0.1, 0.15) is 137 Å². The Bertz CT molecular complexity index is 1260. The Morgan fingerprint density at radius 1 is 0.739 bits per heavy atom. The lowest BCUT2D eigenvalue weighted by atomic mass is 9.46. The van der Waals surface area contributed by atoms with Gasteiger partial charge in [0.15, 0.2) is 0 Å². The van der Waals surface area contributed by atoms with Crippen molar-refractivity contribution in [3.05, 3.63) is 36.0 Å². The van der Waals surface area contributed by atoms with Crippen LogP contribution in [0, 0.1) is 51.2 Å². The van der Waals surface area contributed by atoms with Crippen molar-refractivity contribution in [1.82, 2.24) is 0 Å². The highest BCUT2D eigenvalue weighted by molar-refractivity contribution is 5.81. The number of hydrogen-bond donors (Lipinski definition) is 0. The number of rotatable bonds is 9. The van der Waals surface area contributed by atoms with Crippen LogP contribution < -0.4 is 0 Å². The maximum atomic E-state index is 13.6. The molecular weight excluding hydrogens is 572 g/mol. The fourth-order valence-electron chi connectivity index (χ4n) is 12.1. The molecule has 0 bridgehead atoms. The molecule has 9 atom stereocenters. The topological polar surface area (TPSA) is 69.7 Å². The van der Waals surface area contributed by atoms with Crippen LogP contribution in [0.15, 0.2) is 36.0 Å². The fourth-order valence-corrected chi connectivity index (χ4v) is 12.1. The second-order valence-electron chi connectivity index (χ2n) is 17.0. The summed E-state index contributed by atoms with van der Waals surface area (Å²) in [5, 5.41) is 0. The zero-order valence-electron chi connectivity index (χ0n) is 29.9. The molecule has 46 heavy (non-hydrogen) atoms. The fraction of sp³-hybridized carbons (Fsp3) is 0.780. The minimum Gasteiger partial charge on any atom is -0.469 e. The first kappa shape index (κ1) is 35.1. The van der Waals surface area contributed by atoms with E-state index in [2.05, 4.69) is 46.9 Å². The molecule has 0 heterocycles. The van der Waals surface area contributed by atoms with Crippen LogP contribution in [-0.2, 0) is 23.9 Å². The van der Waals surface area contributed by atoms with Crippen molar-refractivity contribution in [3.8, 4) is 0 Å². The molecule has 5 nitrogen and oxygen atoms in total. The van der Waals surface area contributed by atoms with Gasteiger partial charge in [-0.2, -0.15) is 0 Å². The van der Waals surface area contributed by atoms with E-state index in [0.717, 1.165) is 103 Å². The summed E-state index contributed by atoms with van der Waals surface area (Å²) < 4.78 is 10.6. The number of hydrogen-bond acceptors (Lipinski definition) is 5. The Hall–Kier alpha value is -2.17. The second-order valence-corrected chi connectivity index (χ2v) is 17.0. The van der Waals surface area contributed by atoms with E-state index in [1.807, 2.05) is 0 Å². The Balaban J connectivity index is 1.18. The minimum absolute atomic E-state index is 0.0121. The van der Waals surface area contributed by atoms with E-state index in [1.165, 1.54) is 30.9 Å². The first-order valence-electron chi connectivity index (χ1n) is 18.5. The number of carbonyl (C=O) groups is 3. The molecule has 5 aliphatic rings. The number of carbonyl (C=O) groups excluding carboxylic acids is 3. The van der Waals surface area contributed by atoms with E-state index < -0.39 is 10.8 Å². The number of Topliss-reactive ketones (excluding diaryl/α,β-unsaturated/α-hetero) is 1. The largest absolute Gasteiger partial charge is 0.469 e. The number of esters is 2. The minimum atomic E-state index is -0.449. The average Bonchev–Trinajstić information content (AvgIpc) is 3.03. The molecule has 0 saturated heterocycles. The number of ether oxygens (including phenoxy) is 2. The number of allylic oxidation sites excluding steroid dienone is 4. The van der Waals surface area contributed by atoms with Crippen LogP contribution in [0.3, 0.4) is 0 Å². The SMILES string of the molecule is C=C1CC[C@H]2[C@@](C)(CCC[C@]2(C)C(=O)OC)[C@@H]1CCC(=O)[C@H]1CC=C(CC[C@@H]2C(=C)CC[C@H]3[C@@]2(C)CCC[C@]3(C)C(=O)OC)CC1. The molecule has 4 fully saturated rings. The van der Waals surface area contributed by atoms with E-state index >= 15 is 0 Å². The van der Waals surface area contributed by atoms with E-state index in [9.17, 15) is 14.4 Å². The van der Waals surface area contributed by atoms with Crippen LogP contribution in [0.5, 0.6) is 0 Å². The van der Waals surface area contributed by atoms with Crippen LogP contribution in [0.2, 0.25) is 0 Å². The molecule has 0 aromatic carbocycles. The summed E-state index contributed by atoms with van der Waals surface area (Å²) in [7, 11) is 3.05. The summed E-state index contributed by atoms with van der Waals surface area (Å²) in [6.45, 7) is 18.1. The standard InChI is InChI=1S/C41H62O5/c1-27-11-21-34-38(3,23-9-25-40(34,5)36(43)45-7)31(27)18-15-29-13-16-30(17-14-29)33(42)20-19-32-28(2)12-22-35-39(32,4)24-10-26-41(35,6)37(44)46-8/h13,30-32,34-35H,1-2,9-12,14-26H2,3-8H3/t30-,31+,32+,34-,35-,38-,39-,40-,41-/m0/s1. The first-order chi connectivity index (χ1) is 21.7. The highest BCUT2D eigenvalue weighted by Gasteiger charge is 2.59. The summed E-state index contributed by atoms with van der Waals surface area (Å²) in [6.07, 6.45) is 18.9. The van der Waals surface area contributed by atoms with Gasteiger partial charge >= 0.3 is 11.9 Å². The van der Waals surface area contributed by atoms with Crippen LogP contribution >= 0.6 is 0 Å². The summed E-state index contributed by atoms with van der Waals surface area (Å²) >= 11 is 0. The maximum Gasteiger partial charge on any atom is 0.311 e. The molecule has 0 aromatic rings. The number of methoxy groups -OCH3 is 2. The molecule has 0 unspecified atom stereocenters. The molecule has 4 saturated carbocycles. The van der Waals surface area contributed by atoms with Crippen LogP contribution in [0.4, 0.5) is 0 Å².